The number of benzene rings is 1. The number of hydrogen-bond acceptors (Lipinski definition) is 8. The first kappa shape index (κ1) is 19.2. The van der Waals surface area contributed by atoms with E-state index in [4.69, 9.17) is 9.47 Å². The smallest absolute Gasteiger partial charge is 0.319 e. The van der Waals surface area contributed by atoms with E-state index in [1.165, 1.54) is 0 Å². The lowest BCUT2D eigenvalue weighted by Crippen LogP contribution is -2.32. The van der Waals surface area contributed by atoms with Crippen molar-refractivity contribution < 1.29 is 14.3 Å². The Morgan fingerprint density at radius 3 is 2.53 bits per heavy atom. The van der Waals surface area contributed by atoms with Gasteiger partial charge in [-0.3, -0.25) is 0 Å². The van der Waals surface area contributed by atoms with Crippen LogP contribution in [0.2, 0.25) is 0 Å². The molecule has 0 aliphatic carbocycles. The minimum absolute atomic E-state index is 0.311. The molecule has 2 amide bonds. The molecule has 10 heteroatoms. The van der Waals surface area contributed by atoms with Crippen molar-refractivity contribution in [1.29, 1.82) is 0 Å². The number of aromatic nitrogens is 3. The fraction of sp³-hybridized carbons (Fsp3) is 0.200. The molecule has 1 aliphatic rings. The summed E-state index contributed by atoms with van der Waals surface area (Å²) < 4.78 is 11.0. The molecule has 0 fully saturated rings. The highest BCUT2D eigenvalue weighted by Gasteiger charge is 2.12. The second-order valence-electron chi connectivity index (χ2n) is 6.31. The molecule has 0 saturated carbocycles. The average Bonchev–Trinajstić information content (AvgIpc) is 2.78. The summed E-state index contributed by atoms with van der Waals surface area (Å²) in [5.41, 5.74) is 0.631. The number of ether oxygens (including phenoxy) is 2. The molecule has 0 spiro atoms. The number of hydrogen-bond donors (Lipinski definition) is 4. The topological polar surface area (TPSA) is 122 Å². The zero-order valence-corrected chi connectivity index (χ0v) is 16.1. The number of pyridine rings is 1. The molecule has 0 saturated heterocycles. The molecule has 2 aromatic heterocycles. The second kappa shape index (κ2) is 9.41. The standard InChI is InChI=1S/C20H21N7O3/c28-20(24-14-4-5-15-16(13-14)30-12-11-29-15)23-10-9-22-18-6-7-19(27-26-18)25-17-3-1-2-8-21-17/h1-8,13H,9-12H2,(H,22,26)(H,21,25,27)(H2,23,24,28). The Balaban J connectivity index is 1.18. The summed E-state index contributed by atoms with van der Waals surface area (Å²) in [6.07, 6.45) is 1.70. The number of fused-ring (bicyclic) bond motifs is 1. The fourth-order valence-electron chi connectivity index (χ4n) is 2.72. The van der Waals surface area contributed by atoms with Crippen LogP contribution in [0.1, 0.15) is 0 Å². The number of carbonyl (C=O) groups excluding carboxylic acids is 1. The molecule has 0 atom stereocenters. The molecule has 4 N–H and O–H groups in total. The Morgan fingerprint density at radius 1 is 0.900 bits per heavy atom. The number of nitrogens with zero attached hydrogens (tertiary/aromatic N) is 3. The van der Waals surface area contributed by atoms with Crippen LogP contribution >= 0.6 is 0 Å². The van der Waals surface area contributed by atoms with Crippen molar-refractivity contribution in [3.63, 3.8) is 0 Å². The highest BCUT2D eigenvalue weighted by Crippen LogP contribution is 2.32. The zero-order chi connectivity index (χ0) is 20.6. The van der Waals surface area contributed by atoms with Crippen LogP contribution in [0.15, 0.2) is 54.7 Å². The quantitative estimate of drug-likeness (QED) is 0.441. The summed E-state index contributed by atoms with van der Waals surface area (Å²) in [4.78, 5) is 16.2. The van der Waals surface area contributed by atoms with Gasteiger partial charge in [0, 0.05) is 31.0 Å². The third-order valence-corrected chi connectivity index (χ3v) is 4.10. The predicted octanol–water partition coefficient (Wildman–Crippen LogP) is 2.62. The van der Waals surface area contributed by atoms with E-state index in [0.717, 1.165) is 0 Å². The van der Waals surface area contributed by atoms with E-state index < -0.39 is 0 Å². The van der Waals surface area contributed by atoms with Gasteiger partial charge in [0.1, 0.15) is 24.8 Å². The van der Waals surface area contributed by atoms with Crippen LogP contribution in [0.5, 0.6) is 11.5 Å². The first-order valence-electron chi connectivity index (χ1n) is 9.46. The first-order valence-corrected chi connectivity index (χ1v) is 9.46. The summed E-state index contributed by atoms with van der Waals surface area (Å²) in [6, 6.07) is 14.1. The summed E-state index contributed by atoms with van der Waals surface area (Å²) in [7, 11) is 0. The Hall–Kier alpha value is -4.08. The van der Waals surface area contributed by atoms with E-state index in [1.54, 1.807) is 36.5 Å². The SMILES string of the molecule is O=C(NCCNc1ccc(Nc2ccccn2)nn1)Nc1ccc2c(c1)OCCO2. The van der Waals surface area contributed by atoms with Crippen molar-refractivity contribution in [3.05, 3.63) is 54.7 Å². The number of rotatable bonds is 7. The lowest BCUT2D eigenvalue weighted by atomic mass is 10.2. The summed E-state index contributed by atoms with van der Waals surface area (Å²) in [5, 5.41) is 19.9. The van der Waals surface area contributed by atoms with E-state index >= 15 is 0 Å². The van der Waals surface area contributed by atoms with Crippen molar-refractivity contribution in [2.24, 2.45) is 0 Å². The molecule has 1 aromatic carbocycles. The Bertz CT molecular complexity index is 983. The van der Waals surface area contributed by atoms with Crippen LogP contribution in [-0.2, 0) is 0 Å². The maximum absolute atomic E-state index is 12.0. The van der Waals surface area contributed by atoms with Crippen LogP contribution < -0.4 is 30.7 Å². The molecule has 3 aromatic rings. The van der Waals surface area contributed by atoms with Crippen LogP contribution in [-0.4, -0.2) is 47.5 Å². The van der Waals surface area contributed by atoms with E-state index in [0.29, 0.717) is 60.9 Å². The minimum Gasteiger partial charge on any atom is -0.486 e. The zero-order valence-electron chi connectivity index (χ0n) is 16.1. The molecule has 1 aliphatic heterocycles. The van der Waals surface area contributed by atoms with Crippen molar-refractivity contribution in [2.75, 3.05) is 42.3 Å². The molecular formula is C20H21N7O3. The van der Waals surface area contributed by atoms with Gasteiger partial charge in [0.15, 0.2) is 17.3 Å². The highest BCUT2D eigenvalue weighted by molar-refractivity contribution is 5.89. The van der Waals surface area contributed by atoms with Crippen LogP contribution in [0.4, 0.5) is 27.9 Å². The molecule has 3 heterocycles. The van der Waals surface area contributed by atoms with Crippen LogP contribution in [0.25, 0.3) is 0 Å². The van der Waals surface area contributed by atoms with Gasteiger partial charge >= 0.3 is 6.03 Å². The molecule has 0 bridgehead atoms. The number of urea groups is 1. The van der Waals surface area contributed by atoms with Gasteiger partial charge in [0.05, 0.1) is 0 Å². The van der Waals surface area contributed by atoms with E-state index in [9.17, 15) is 4.79 Å². The molecule has 154 valence electrons. The molecule has 0 unspecified atom stereocenters. The third kappa shape index (κ3) is 5.25. The highest BCUT2D eigenvalue weighted by atomic mass is 16.6. The summed E-state index contributed by atoms with van der Waals surface area (Å²) >= 11 is 0. The third-order valence-electron chi connectivity index (χ3n) is 4.10. The Morgan fingerprint density at radius 2 is 1.73 bits per heavy atom. The van der Waals surface area contributed by atoms with Gasteiger partial charge in [-0.1, -0.05) is 6.07 Å². The second-order valence-corrected chi connectivity index (χ2v) is 6.31. The van der Waals surface area contributed by atoms with Gasteiger partial charge in [-0.2, -0.15) is 0 Å². The van der Waals surface area contributed by atoms with E-state index in [-0.39, 0.29) is 6.03 Å². The van der Waals surface area contributed by atoms with E-state index in [1.807, 2.05) is 18.2 Å². The predicted molar refractivity (Wildman–Crippen MR) is 112 cm³/mol. The Kier molecular flexibility index (Phi) is 6.04. The van der Waals surface area contributed by atoms with Gasteiger partial charge < -0.3 is 30.7 Å². The Labute approximate surface area is 173 Å². The van der Waals surface area contributed by atoms with Crippen molar-refractivity contribution >= 4 is 29.2 Å². The van der Waals surface area contributed by atoms with Gasteiger partial charge in [0.2, 0.25) is 0 Å². The lowest BCUT2D eigenvalue weighted by molar-refractivity contribution is 0.171. The first-order chi connectivity index (χ1) is 14.8. The van der Waals surface area contributed by atoms with Crippen LogP contribution in [0.3, 0.4) is 0 Å². The largest absolute Gasteiger partial charge is 0.486 e. The maximum Gasteiger partial charge on any atom is 0.319 e. The molecule has 30 heavy (non-hydrogen) atoms. The average molecular weight is 407 g/mol. The van der Waals surface area contributed by atoms with Crippen molar-refractivity contribution in [3.8, 4) is 11.5 Å². The van der Waals surface area contributed by atoms with Gasteiger partial charge in [-0.25, -0.2) is 9.78 Å². The molecule has 10 nitrogen and oxygen atoms in total. The van der Waals surface area contributed by atoms with Gasteiger partial charge in [-0.05, 0) is 36.4 Å². The lowest BCUT2D eigenvalue weighted by Gasteiger charge is -2.19. The van der Waals surface area contributed by atoms with Crippen LogP contribution in [0, 0.1) is 0 Å². The maximum atomic E-state index is 12.0. The normalized spacial score (nSPS) is 12.0. The molecule has 0 radical (unpaired) electrons. The fourth-order valence-corrected chi connectivity index (χ4v) is 2.72. The van der Waals surface area contributed by atoms with Gasteiger partial charge in [0.25, 0.3) is 0 Å². The summed E-state index contributed by atoms with van der Waals surface area (Å²) in [5.74, 6) is 3.20. The number of nitrogens with one attached hydrogen (secondary N) is 4. The van der Waals surface area contributed by atoms with Gasteiger partial charge in [-0.15, -0.1) is 10.2 Å². The number of anilines is 4. The monoisotopic (exact) mass is 407 g/mol. The minimum atomic E-state index is -0.311. The van der Waals surface area contributed by atoms with Crippen molar-refractivity contribution in [1.82, 2.24) is 20.5 Å². The van der Waals surface area contributed by atoms with E-state index in [2.05, 4.69) is 36.4 Å². The number of amides is 2. The summed E-state index contributed by atoms with van der Waals surface area (Å²) in [6.45, 7) is 1.93. The van der Waals surface area contributed by atoms with Crippen molar-refractivity contribution in [2.45, 2.75) is 0 Å². The number of carbonyl (C=O) groups is 1. The molecular weight excluding hydrogens is 386 g/mol. The molecule has 4 rings (SSSR count).